The average Bonchev–Trinajstić information content (AvgIpc) is 3.23. The first-order valence-corrected chi connectivity index (χ1v) is 11.4. The van der Waals surface area contributed by atoms with Crippen LogP contribution in [0.3, 0.4) is 0 Å². The first kappa shape index (κ1) is 21.8. The van der Waals surface area contributed by atoms with Crippen molar-refractivity contribution >= 4 is 17.7 Å². The lowest BCUT2D eigenvalue weighted by molar-refractivity contribution is 0.159. The summed E-state index contributed by atoms with van der Waals surface area (Å²) in [5, 5.41) is 4.84. The van der Waals surface area contributed by atoms with Gasteiger partial charge in [-0.3, -0.25) is 0 Å². The zero-order chi connectivity index (χ0) is 21.6. The molecule has 4 nitrogen and oxygen atoms in total. The third-order valence-electron chi connectivity index (χ3n) is 6.23. The SMILES string of the molecule is CN(C)C(c1ccccc1)C1CCC(C=Cc2nc(Cc3ccc(Cl)cc3)no2)CC1. The number of nitrogens with zero attached hydrogens (tertiary/aromatic N) is 3. The lowest BCUT2D eigenvalue weighted by atomic mass is 9.76. The minimum absolute atomic E-state index is 0.484. The van der Waals surface area contributed by atoms with E-state index in [4.69, 9.17) is 16.1 Å². The van der Waals surface area contributed by atoms with Crippen LogP contribution in [0.4, 0.5) is 0 Å². The Hall–Kier alpha value is -2.43. The van der Waals surface area contributed by atoms with Crippen molar-refractivity contribution in [3.05, 3.63) is 88.5 Å². The molecule has 1 fully saturated rings. The lowest BCUT2D eigenvalue weighted by Crippen LogP contribution is -2.30. The van der Waals surface area contributed by atoms with Crippen LogP contribution in [0.5, 0.6) is 0 Å². The number of rotatable bonds is 7. The largest absolute Gasteiger partial charge is 0.335 e. The standard InChI is InChI=1S/C26H30ClN3O/c1-30(2)26(21-6-4-3-5-7-21)22-13-8-19(9-14-22)12-17-25-28-24(29-31-25)18-20-10-15-23(27)16-11-20/h3-7,10-12,15-17,19,22,26H,8-9,13-14,18H2,1-2H3. The highest BCUT2D eigenvalue weighted by molar-refractivity contribution is 6.30. The van der Waals surface area contributed by atoms with Gasteiger partial charge in [-0.05, 0) is 81.0 Å². The summed E-state index contributed by atoms with van der Waals surface area (Å²) in [6.45, 7) is 0. The Morgan fingerprint density at radius 1 is 1.03 bits per heavy atom. The second-order valence-electron chi connectivity index (χ2n) is 8.71. The van der Waals surface area contributed by atoms with E-state index in [1.54, 1.807) is 0 Å². The number of benzene rings is 2. The molecule has 0 spiro atoms. The summed E-state index contributed by atoms with van der Waals surface area (Å²) in [5.74, 6) is 2.54. The molecule has 3 aromatic rings. The summed E-state index contributed by atoms with van der Waals surface area (Å²) < 4.78 is 5.42. The van der Waals surface area contributed by atoms with E-state index in [1.165, 1.54) is 31.2 Å². The minimum atomic E-state index is 0.484. The molecule has 0 saturated heterocycles. The van der Waals surface area contributed by atoms with Gasteiger partial charge in [-0.1, -0.05) is 65.3 Å². The van der Waals surface area contributed by atoms with Gasteiger partial charge >= 0.3 is 0 Å². The van der Waals surface area contributed by atoms with Crippen molar-refractivity contribution in [2.45, 2.75) is 38.1 Å². The van der Waals surface area contributed by atoms with E-state index in [9.17, 15) is 0 Å². The van der Waals surface area contributed by atoms with Crippen LogP contribution in [0, 0.1) is 11.8 Å². The summed E-state index contributed by atoms with van der Waals surface area (Å²) >= 11 is 5.95. The fourth-order valence-electron chi connectivity index (χ4n) is 4.71. The molecule has 0 bridgehead atoms. The highest BCUT2D eigenvalue weighted by Gasteiger charge is 2.29. The van der Waals surface area contributed by atoms with Gasteiger partial charge in [0, 0.05) is 17.5 Å². The first-order chi connectivity index (χ1) is 15.1. The highest BCUT2D eigenvalue weighted by atomic mass is 35.5. The van der Waals surface area contributed by atoms with Gasteiger partial charge in [-0.2, -0.15) is 4.98 Å². The Balaban J connectivity index is 1.31. The van der Waals surface area contributed by atoms with Crippen LogP contribution in [-0.4, -0.2) is 29.1 Å². The molecule has 4 rings (SSSR count). The topological polar surface area (TPSA) is 42.2 Å². The van der Waals surface area contributed by atoms with Crippen LogP contribution >= 0.6 is 11.6 Å². The van der Waals surface area contributed by atoms with E-state index >= 15 is 0 Å². The maximum absolute atomic E-state index is 5.95. The molecule has 162 valence electrons. The molecule has 0 amide bonds. The van der Waals surface area contributed by atoms with Gasteiger partial charge in [0.2, 0.25) is 5.89 Å². The molecule has 1 saturated carbocycles. The third-order valence-corrected chi connectivity index (χ3v) is 6.48. The number of hydrogen-bond acceptors (Lipinski definition) is 4. The average molecular weight is 436 g/mol. The van der Waals surface area contributed by atoms with Crippen LogP contribution in [0.2, 0.25) is 5.02 Å². The maximum Gasteiger partial charge on any atom is 0.250 e. The van der Waals surface area contributed by atoms with Crippen LogP contribution in [0.15, 0.2) is 65.2 Å². The third kappa shape index (κ3) is 5.84. The number of hydrogen-bond donors (Lipinski definition) is 0. The van der Waals surface area contributed by atoms with Crippen LogP contribution in [-0.2, 0) is 6.42 Å². The molecule has 1 aromatic heterocycles. The Bertz CT molecular complexity index is 973. The second kappa shape index (κ2) is 10.3. The summed E-state index contributed by atoms with van der Waals surface area (Å²) in [6, 6.07) is 19.1. The molecule has 1 aliphatic carbocycles. The minimum Gasteiger partial charge on any atom is -0.335 e. The van der Waals surface area contributed by atoms with E-state index in [2.05, 4.69) is 65.5 Å². The molecule has 1 aliphatic rings. The Labute approximate surface area is 189 Å². The van der Waals surface area contributed by atoms with E-state index in [0.717, 1.165) is 10.6 Å². The fraction of sp³-hybridized carbons (Fsp3) is 0.385. The van der Waals surface area contributed by atoms with Crippen molar-refractivity contribution < 1.29 is 4.52 Å². The molecule has 1 heterocycles. The zero-order valence-corrected chi connectivity index (χ0v) is 19.0. The van der Waals surface area contributed by atoms with Crippen LogP contribution < -0.4 is 0 Å². The predicted molar refractivity (Wildman–Crippen MR) is 126 cm³/mol. The number of halogens is 1. The quantitative estimate of drug-likeness (QED) is 0.428. The Kier molecular flexibility index (Phi) is 7.21. The molecule has 2 aromatic carbocycles. The fourth-order valence-corrected chi connectivity index (χ4v) is 4.83. The monoisotopic (exact) mass is 435 g/mol. The number of aromatic nitrogens is 2. The van der Waals surface area contributed by atoms with Crippen molar-refractivity contribution in [2.75, 3.05) is 14.1 Å². The van der Waals surface area contributed by atoms with Crippen molar-refractivity contribution in [1.29, 1.82) is 0 Å². The molecule has 31 heavy (non-hydrogen) atoms. The van der Waals surface area contributed by atoms with Crippen LogP contribution in [0.1, 0.15) is 54.6 Å². The highest BCUT2D eigenvalue weighted by Crippen LogP contribution is 2.39. The van der Waals surface area contributed by atoms with Crippen molar-refractivity contribution in [3.63, 3.8) is 0 Å². The smallest absolute Gasteiger partial charge is 0.250 e. The first-order valence-electron chi connectivity index (χ1n) is 11.0. The van der Waals surface area contributed by atoms with Gasteiger partial charge in [0.05, 0.1) is 0 Å². The predicted octanol–water partition coefficient (Wildman–Crippen LogP) is 6.44. The van der Waals surface area contributed by atoms with Gasteiger partial charge in [-0.25, -0.2) is 0 Å². The van der Waals surface area contributed by atoms with Crippen molar-refractivity contribution in [1.82, 2.24) is 15.0 Å². The van der Waals surface area contributed by atoms with Gasteiger partial charge in [0.1, 0.15) is 0 Å². The molecule has 1 unspecified atom stereocenters. The van der Waals surface area contributed by atoms with E-state index < -0.39 is 0 Å². The molecule has 1 atom stereocenters. The second-order valence-corrected chi connectivity index (χ2v) is 9.14. The molecule has 0 aliphatic heterocycles. The Morgan fingerprint density at radius 2 is 1.74 bits per heavy atom. The Morgan fingerprint density at radius 3 is 2.42 bits per heavy atom. The van der Waals surface area contributed by atoms with Gasteiger partial charge in [0.15, 0.2) is 5.82 Å². The van der Waals surface area contributed by atoms with Crippen LogP contribution in [0.25, 0.3) is 6.08 Å². The van der Waals surface area contributed by atoms with Gasteiger partial charge in [-0.15, -0.1) is 0 Å². The number of allylic oxidation sites excluding steroid dienone is 1. The summed E-state index contributed by atoms with van der Waals surface area (Å²) in [6.07, 6.45) is 9.75. The summed E-state index contributed by atoms with van der Waals surface area (Å²) in [4.78, 5) is 6.89. The summed E-state index contributed by atoms with van der Waals surface area (Å²) in [5.41, 5.74) is 2.54. The normalized spacial score (nSPS) is 20.4. The van der Waals surface area contributed by atoms with Gasteiger partial charge < -0.3 is 9.42 Å². The van der Waals surface area contributed by atoms with E-state index in [0.29, 0.717) is 36.0 Å². The molecule has 5 heteroatoms. The lowest BCUT2D eigenvalue weighted by Gasteiger charge is -2.37. The van der Waals surface area contributed by atoms with Gasteiger partial charge in [0.25, 0.3) is 0 Å². The molecule has 0 N–H and O–H groups in total. The maximum atomic E-state index is 5.95. The summed E-state index contributed by atoms with van der Waals surface area (Å²) in [7, 11) is 4.39. The van der Waals surface area contributed by atoms with E-state index in [1.807, 2.05) is 30.3 Å². The molecular formula is C26H30ClN3O. The van der Waals surface area contributed by atoms with Crippen molar-refractivity contribution in [2.24, 2.45) is 11.8 Å². The molecule has 0 radical (unpaired) electrons. The zero-order valence-electron chi connectivity index (χ0n) is 18.2. The molecular weight excluding hydrogens is 406 g/mol. The van der Waals surface area contributed by atoms with E-state index in [-0.39, 0.29) is 0 Å². The van der Waals surface area contributed by atoms with Crippen molar-refractivity contribution in [3.8, 4) is 0 Å².